The van der Waals surface area contributed by atoms with Gasteiger partial charge in [-0.25, -0.2) is 9.98 Å². The third-order valence-corrected chi connectivity index (χ3v) is 7.97. The van der Waals surface area contributed by atoms with Crippen LogP contribution in [0.4, 0.5) is 11.4 Å². The van der Waals surface area contributed by atoms with Gasteiger partial charge in [0, 0.05) is 0 Å². The summed E-state index contributed by atoms with van der Waals surface area (Å²) in [5.41, 5.74) is 16.0. The van der Waals surface area contributed by atoms with Gasteiger partial charge in [-0.1, -0.05) is 36.4 Å². The van der Waals surface area contributed by atoms with Crippen molar-refractivity contribution < 1.29 is 9.47 Å². The molecular formula is C29H31N5O2S2. The average Bonchev–Trinajstić information content (AvgIpc) is 3.72. The Morgan fingerprint density at radius 3 is 2.00 bits per heavy atom. The molecule has 1 aliphatic heterocycles. The van der Waals surface area contributed by atoms with Crippen LogP contribution in [0.15, 0.2) is 93.5 Å². The van der Waals surface area contributed by atoms with E-state index in [-0.39, 0.29) is 12.1 Å². The van der Waals surface area contributed by atoms with E-state index in [0.29, 0.717) is 31.5 Å². The van der Waals surface area contributed by atoms with Crippen LogP contribution in [0.5, 0.6) is 0 Å². The highest BCUT2D eigenvalue weighted by Crippen LogP contribution is 2.21. The van der Waals surface area contributed by atoms with Crippen molar-refractivity contribution in [3.63, 3.8) is 0 Å². The number of nitrogens with one attached hydrogen (secondary N) is 1. The topological polar surface area (TPSA) is 107 Å². The van der Waals surface area contributed by atoms with Crippen molar-refractivity contribution in [2.24, 2.45) is 21.5 Å². The van der Waals surface area contributed by atoms with Crippen LogP contribution in [0.3, 0.4) is 0 Å². The number of amidine groups is 2. The number of nitrogens with zero attached hydrogens (tertiary/aromatic N) is 2. The number of benzene rings is 2. The van der Waals surface area contributed by atoms with Gasteiger partial charge in [0.25, 0.3) is 0 Å². The van der Waals surface area contributed by atoms with Crippen LogP contribution < -0.4 is 16.8 Å². The largest absolute Gasteiger partial charge is 0.383 e. The summed E-state index contributed by atoms with van der Waals surface area (Å²) in [4.78, 5) is 11.0. The van der Waals surface area contributed by atoms with Gasteiger partial charge in [0.15, 0.2) is 0 Å². The average molecular weight is 546 g/mol. The SMILES string of the molecule is NC(=Nc1cccc(COC[C@@H]2NCC[C@@H]2OCc2cccc(N=C(N)c3cccs3)c2)c1)c1cccs1. The fourth-order valence-electron chi connectivity index (χ4n) is 4.28. The maximum absolute atomic E-state index is 6.28. The van der Waals surface area contributed by atoms with Crippen molar-refractivity contribution in [3.8, 4) is 0 Å². The van der Waals surface area contributed by atoms with Gasteiger partial charge in [0.05, 0.1) is 53.1 Å². The second-order valence-electron chi connectivity index (χ2n) is 9.00. The lowest BCUT2D eigenvalue weighted by atomic mass is 10.1. The van der Waals surface area contributed by atoms with Gasteiger partial charge in [0.2, 0.25) is 0 Å². The molecule has 2 aromatic heterocycles. The van der Waals surface area contributed by atoms with Crippen molar-refractivity contribution in [2.45, 2.75) is 31.8 Å². The molecule has 4 aromatic rings. The molecule has 9 heteroatoms. The van der Waals surface area contributed by atoms with Crippen LogP contribution in [0, 0.1) is 0 Å². The highest BCUT2D eigenvalue weighted by molar-refractivity contribution is 7.12. The Labute approximate surface area is 230 Å². The summed E-state index contributed by atoms with van der Waals surface area (Å²) < 4.78 is 12.3. The quantitative estimate of drug-likeness (QED) is 0.174. The minimum atomic E-state index is 0.0832. The van der Waals surface area contributed by atoms with E-state index >= 15 is 0 Å². The van der Waals surface area contributed by atoms with Crippen LogP contribution in [0.25, 0.3) is 0 Å². The standard InChI is InChI=1S/C29H31N5O2S2/c30-28(26-9-3-13-37-26)33-22-7-1-5-20(15-22)17-35-19-24-25(11-12-32-24)36-18-21-6-2-8-23(16-21)34-29(31)27-10-4-14-38-27/h1-10,13-16,24-25,32H,11-12,17-19H2,(H2,30,33)(H2,31,34)/t24-,25-/m0/s1. The summed E-state index contributed by atoms with van der Waals surface area (Å²) in [6.45, 7) is 2.49. The van der Waals surface area contributed by atoms with E-state index in [1.54, 1.807) is 22.7 Å². The lowest BCUT2D eigenvalue weighted by molar-refractivity contribution is 0.00218. The molecule has 0 unspecified atom stereocenters. The summed E-state index contributed by atoms with van der Waals surface area (Å²) in [5.74, 6) is 1.05. The highest BCUT2D eigenvalue weighted by Gasteiger charge is 2.27. The van der Waals surface area contributed by atoms with E-state index in [1.807, 2.05) is 77.5 Å². The van der Waals surface area contributed by atoms with Gasteiger partial charge in [-0.3, -0.25) is 0 Å². The lowest BCUT2D eigenvalue weighted by Crippen LogP contribution is -2.36. The zero-order chi connectivity index (χ0) is 26.2. The fourth-order valence-corrected chi connectivity index (χ4v) is 5.54. The Bertz CT molecular complexity index is 1370. The Morgan fingerprint density at radius 1 is 0.816 bits per heavy atom. The molecule has 1 fully saturated rings. The van der Waals surface area contributed by atoms with Gasteiger partial charge in [-0.15, -0.1) is 22.7 Å². The summed E-state index contributed by atoms with van der Waals surface area (Å²) in [5, 5.41) is 7.50. The first-order valence-electron chi connectivity index (χ1n) is 12.5. The summed E-state index contributed by atoms with van der Waals surface area (Å²) in [6.07, 6.45) is 1.03. The molecule has 196 valence electrons. The predicted octanol–water partition coefficient (Wildman–Crippen LogP) is 5.35. The van der Waals surface area contributed by atoms with E-state index in [4.69, 9.17) is 20.9 Å². The Balaban J connectivity index is 1.11. The lowest BCUT2D eigenvalue weighted by Gasteiger charge is -2.20. The molecule has 38 heavy (non-hydrogen) atoms. The number of rotatable bonds is 11. The maximum Gasteiger partial charge on any atom is 0.141 e. The normalized spacial score (nSPS) is 18.2. The van der Waals surface area contributed by atoms with E-state index in [9.17, 15) is 0 Å². The molecule has 1 saturated heterocycles. The van der Waals surface area contributed by atoms with Gasteiger partial charge in [-0.2, -0.15) is 0 Å². The number of ether oxygens (including phenoxy) is 2. The first-order valence-corrected chi connectivity index (χ1v) is 14.3. The van der Waals surface area contributed by atoms with Crippen LogP contribution in [-0.2, 0) is 22.7 Å². The molecule has 0 aliphatic carbocycles. The van der Waals surface area contributed by atoms with Gasteiger partial charge >= 0.3 is 0 Å². The Hall–Kier alpha value is -3.34. The molecular weight excluding hydrogens is 514 g/mol. The van der Waals surface area contributed by atoms with Crippen LogP contribution in [0.2, 0.25) is 0 Å². The predicted molar refractivity (Wildman–Crippen MR) is 157 cm³/mol. The molecule has 0 spiro atoms. The van der Waals surface area contributed by atoms with E-state index in [1.165, 1.54) is 0 Å². The monoisotopic (exact) mass is 545 g/mol. The molecule has 0 saturated carbocycles. The zero-order valence-corrected chi connectivity index (χ0v) is 22.6. The molecule has 5 rings (SSSR count). The molecule has 7 nitrogen and oxygen atoms in total. The molecule has 3 heterocycles. The van der Waals surface area contributed by atoms with E-state index < -0.39 is 0 Å². The number of aliphatic imine (C=N–C) groups is 2. The first-order chi connectivity index (χ1) is 18.6. The van der Waals surface area contributed by atoms with Crippen molar-refractivity contribution >= 4 is 45.7 Å². The van der Waals surface area contributed by atoms with E-state index in [0.717, 1.165) is 45.2 Å². The summed E-state index contributed by atoms with van der Waals surface area (Å²) in [6, 6.07) is 24.0. The third kappa shape index (κ3) is 7.15. The molecule has 0 amide bonds. The van der Waals surface area contributed by atoms with Crippen molar-refractivity contribution in [3.05, 3.63) is 104 Å². The second kappa shape index (κ2) is 12.9. The summed E-state index contributed by atoms with van der Waals surface area (Å²) >= 11 is 3.16. The number of nitrogens with two attached hydrogens (primary N) is 2. The van der Waals surface area contributed by atoms with Crippen molar-refractivity contribution in [1.29, 1.82) is 0 Å². The molecule has 1 aliphatic rings. The maximum atomic E-state index is 6.28. The van der Waals surface area contributed by atoms with Crippen LogP contribution >= 0.6 is 22.7 Å². The Morgan fingerprint density at radius 2 is 1.42 bits per heavy atom. The number of thiophene rings is 2. The number of hydrogen-bond acceptors (Lipinski definition) is 7. The van der Waals surface area contributed by atoms with E-state index in [2.05, 4.69) is 21.4 Å². The van der Waals surface area contributed by atoms with Crippen molar-refractivity contribution in [2.75, 3.05) is 13.2 Å². The second-order valence-corrected chi connectivity index (χ2v) is 10.9. The molecule has 2 aromatic carbocycles. The minimum Gasteiger partial charge on any atom is -0.383 e. The minimum absolute atomic E-state index is 0.0832. The molecule has 5 N–H and O–H groups in total. The van der Waals surface area contributed by atoms with Crippen molar-refractivity contribution in [1.82, 2.24) is 5.32 Å². The Kier molecular flexibility index (Phi) is 8.95. The summed E-state index contributed by atoms with van der Waals surface area (Å²) in [7, 11) is 0. The zero-order valence-electron chi connectivity index (χ0n) is 21.0. The van der Waals surface area contributed by atoms with Gasteiger partial charge < -0.3 is 26.3 Å². The van der Waals surface area contributed by atoms with Gasteiger partial charge in [-0.05, 0) is 71.3 Å². The van der Waals surface area contributed by atoms with Crippen LogP contribution in [0.1, 0.15) is 27.3 Å². The number of hydrogen-bond donors (Lipinski definition) is 3. The van der Waals surface area contributed by atoms with Gasteiger partial charge in [0.1, 0.15) is 11.7 Å². The molecule has 2 atom stereocenters. The smallest absolute Gasteiger partial charge is 0.141 e. The van der Waals surface area contributed by atoms with Crippen LogP contribution in [-0.4, -0.2) is 37.0 Å². The third-order valence-electron chi connectivity index (χ3n) is 6.18. The highest BCUT2D eigenvalue weighted by atomic mass is 32.1. The molecule has 0 bridgehead atoms. The first kappa shape index (κ1) is 26.3. The fraction of sp³-hybridized carbons (Fsp3) is 0.241. The molecule has 0 radical (unpaired) electrons.